The van der Waals surface area contributed by atoms with E-state index in [9.17, 15) is 9.18 Å². The summed E-state index contributed by atoms with van der Waals surface area (Å²) >= 11 is 0. The second kappa shape index (κ2) is 5.34. The normalized spacial score (nSPS) is 10.0. The summed E-state index contributed by atoms with van der Waals surface area (Å²) in [4.78, 5) is 15.9. The van der Waals surface area contributed by atoms with Crippen LogP contribution < -0.4 is 15.8 Å². The quantitative estimate of drug-likeness (QED) is 0.829. The van der Waals surface area contributed by atoms with E-state index in [0.717, 1.165) is 6.07 Å². The van der Waals surface area contributed by atoms with Crippen molar-refractivity contribution in [3.05, 3.63) is 48.0 Å². The maximum absolute atomic E-state index is 13.1. The highest BCUT2D eigenvalue weighted by Crippen LogP contribution is 2.22. The van der Waals surface area contributed by atoms with Crippen LogP contribution in [0.1, 0.15) is 10.4 Å². The zero-order valence-corrected chi connectivity index (χ0v) is 10.2. The number of amides is 1. The van der Waals surface area contributed by atoms with Crippen LogP contribution in [0, 0.1) is 5.82 Å². The van der Waals surface area contributed by atoms with Crippen molar-refractivity contribution in [3.63, 3.8) is 0 Å². The summed E-state index contributed by atoms with van der Waals surface area (Å²) < 4.78 is 18.1. The lowest BCUT2D eigenvalue weighted by molar-refractivity contribution is 0.102. The molecule has 0 aliphatic carbocycles. The molecule has 0 bridgehead atoms. The van der Waals surface area contributed by atoms with Crippen molar-refractivity contribution in [2.45, 2.75) is 0 Å². The largest absolute Gasteiger partial charge is 0.494 e. The lowest BCUT2D eigenvalue weighted by Crippen LogP contribution is -2.14. The number of anilines is 2. The van der Waals surface area contributed by atoms with E-state index < -0.39 is 11.7 Å². The molecule has 0 saturated heterocycles. The summed E-state index contributed by atoms with van der Waals surface area (Å²) in [5.41, 5.74) is 6.45. The number of hydrogen-bond acceptors (Lipinski definition) is 4. The van der Waals surface area contributed by atoms with Gasteiger partial charge in [-0.1, -0.05) is 0 Å². The Kier molecular flexibility index (Phi) is 3.61. The topological polar surface area (TPSA) is 77.2 Å². The third-order valence-corrected chi connectivity index (χ3v) is 2.51. The molecular formula is C13H12FN3O2. The maximum Gasteiger partial charge on any atom is 0.259 e. The number of nitrogens with one attached hydrogen (secondary N) is 1. The molecule has 0 aliphatic rings. The van der Waals surface area contributed by atoms with E-state index in [0.29, 0.717) is 11.3 Å². The van der Waals surface area contributed by atoms with Gasteiger partial charge in [0.25, 0.3) is 5.91 Å². The molecule has 1 aromatic carbocycles. The number of hydrogen-bond donors (Lipinski definition) is 2. The number of methoxy groups -OCH3 is 1. The molecule has 98 valence electrons. The van der Waals surface area contributed by atoms with E-state index in [1.807, 2.05) is 0 Å². The highest BCUT2D eigenvalue weighted by Gasteiger charge is 2.13. The number of nitrogens with zero attached hydrogens (tertiary/aromatic N) is 1. The Hall–Kier alpha value is -2.63. The number of ether oxygens (including phenoxy) is 1. The average Bonchev–Trinajstić information content (AvgIpc) is 2.42. The third-order valence-electron chi connectivity index (χ3n) is 2.51. The van der Waals surface area contributed by atoms with Gasteiger partial charge in [0.15, 0.2) is 0 Å². The lowest BCUT2D eigenvalue weighted by Gasteiger charge is -2.10. The maximum atomic E-state index is 13.1. The van der Waals surface area contributed by atoms with Gasteiger partial charge < -0.3 is 15.8 Å². The van der Waals surface area contributed by atoms with Crippen molar-refractivity contribution in [2.75, 3.05) is 18.2 Å². The summed E-state index contributed by atoms with van der Waals surface area (Å²) in [5, 5.41) is 2.53. The molecule has 5 nitrogen and oxygen atoms in total. The van der Waals surface area contributed by atoms with Gasteiger partial charge in [-0.2, -0.15) is 0 Å². The SMILES string of the molecule is COc1cnccc1C(=O)Nc1cc(F)ccc1N. The molecule has 0 atom stereocenters. The molecule has 6 heteroatoms. The highest BCUT2D eigenvalue weighted by molar-refractivity contribution is 6.07. The fourth-order valence-electron chi connectivity index (χ4n) is 1.56. The van der Waals surface area contributed by atoms with Crippen LogP contribution in [-0.2, 0) is 0 Å². The summed E-state index contributed by atoms with van der Waals surface area (Å²) in [6.07, 6.45) is 2.89. The number of aromatic nitrogens is 1. The first-order chi connectivity index (χ1) is 9.11. The Morgan fingerprint density at radius 2 is 2.21 bits per heavy atom. The van der Waals surface area contributed by atoms with E-state index in [-0.39, 0.29) is 11.4 Å². The summed E-state index contributed by atoms with van der Waals surface area (Å²) in [5.74, 6) is -0.599. The van der Waals surface area contributed by atoms with Crippen molar-refractivity contribution < 1.29 is 13.9 Å². The van der Waals surface area contributed by atoms with Gasteiger partial charge >= 0.3 is 0 Å². The van der Waals surface area contributed by atoms with Crippen LogP contribution in [0.25, 0.3) is 0 Å². The van der Waals surface area contributed by atoms with Gasteiger partial charge in [0.2, 0.25) is 0 Å². The fraction of sp³-hybridized carbons (Fsp3) is 0.0769. The van der Waals surface area contributed by atoms with Crippen LogP contribution in [0.2, 0.25) is 0 Å². The average molecular weight is 261 g/mol. The number of benzene rings is 1. The molecule has 0 unspecified atom stereocenters. The molecule has 3 N–H and O–H groups in total. The standard InChI is InChI=1S/C13H12FN3O2/c1-19-12-7-16-5-4-9(12)13(18)17-11-6-8(14)2-3-10(11)15/h2-7H,15H2,1H3,(H,17,18). The molecule has 1 heterocycles. The monoisotopic (exact) mass is 261 g/mol. The second-order valence-corrected chi connectivity index (χ2v) is 3.76. The molecule has 2 aromatic rings. The molecule has 1 amide bonds. The minimum atomic E-state index is -0.480. The smallest absolute Gasteiger partial charge is 0.259 e. The molecule has 19 heavy (non-hydrogen) atoms. The Bertz CT molecular complexity index is 617. The van der Waals surface area contributed by atoms with Gasteiger partial charge in [0.05, 0.1) is 30.2 Å². The summed E-state index contributed by atoms with van der Waals surface area (Å²) in [7, 11) is 1.43. The number of halogens is 1. The molecule has 0 fully saturated rings. The number of rotatable bonds is 3. The summed E-state index contributed by atoms with van der Waals surface area (Å²) in [6, 6.07) is 5.26. The zero-order chi connectivity index (χ0) is 13.8. The van der Waals surface area contributed by atoms with E-state index in [4.69, 9.17) is 10.5 Å². The first-order valence-electron chi connectivity index (χ1n) is 5.46. The fourth-order valence-corrected chi connectivity index (χ4v) is 1.56. The van der Waals surface area contributed by atoms with Gasteiger partial charge in [0.1, 0.15) is 11.6 Å². The van der Waals surface area contributed by atoms with Crippen molar-refractivity contribution in [1.82, 2.24) is 4.98 Å². The molecule has 0 spiro atoms. The number of nitrogens with two attached hydrogens (primary N) is 1. The summed E-state index contributed by atoms with van der Waals surface area (Å²) in [6.45, 7) is 0. The number of nitrogen functional groups attached to an aromatic ring is 1. The Balaban J connectivity index is 2.28. The molecule has 0 radical (unpaired) electrons. The van der Waals surface area contributed by atoms with Gasteiger partial charge in [0, 0.05) is 6.20 Å². The molecule has 1 aromatic heterocycles. The minimum absolute atomic E-state index is 0.212. The second-order valence-electron chi connectivity index (χ2n) is 3.76. The van der Waals surface area contributed by atoms with Crippen LogP contribution in [0.4, 0.5) is 15.8 Å². The van der Waals surface area contributed by atoms with Gasteiger partial charge in [-0.05, 0) is 24.3 Å². The molecule has 0 saturated carbocycles. The van der Waals surface area contributed by atoms with Crippen LogP contribution >= 0.6 is 0 Å². The van der Waals surface area contributed by atoms with Crippen molar-refractivity contribution in [2.24, 2.45) is 0 Å². The van der Waals surface area contributed by atoms with Crippen molar-refractivity contribution in [1.29, 1.82) is 0 Å². The van der Waals surface area contributed by atoms with Gasteiger partial charge in [-0.15, -0.1) is 0 Å². The Morgan fingerprint density at radius 1 is 1.42 bits per heavy atom. The van der Waals surface area contributed by atoms with Crippen LogP contribution in [0.3, 0.4) is 0 Å². The van der Waals surface area contributed by atoms with Crippen molar-refractivity contribution >= 4 is 17.3 Å². The predicted molar refractivity (Wildman–Crippen MR) is 69.6 cm³/mol. The van der Waals surface area contributed by atoms with Gasteiger partial charge in [-0.25, -0.2) is 4.39 Å². The third kappa shape index (κ3) is 2.79. The van der Waals surface area contributed by atoms with E-state index >= 15 is 0 Å². The van der Waals surface area contributed by atoms with E-state index in [1.54, 1.807) is 0 Å². The number of carbonyl (C=O) groups is 1. The number of pyridine rings is 1. The number of carbonyl (C=O) groups excluding carboxylic acids is 1. The predicted octanol–water partition coefficient (Wildman–Crippen LogP) is 2.06. The highest BCUT2D eigenvalue weighted by atomic mass is 19.1. The Labute approximate surface area is 109 Å². The molecule has 2 rings (SSSR count). The molecule has 0 aliphatic heterocycles. The zero-order valence-electron chi connectivity index (χ0n) is 10.2. The van der Waals surface area contributed by atoms with E-state index in [2.05, 4.69) is 10.3 Å². The first-order valence-corrected chi connectivity index (χ1v) is 5.46. The first kappa shape index (κ1) is 12.8. The van der Waals surface area contributed by atoms with Crippen LogP contribution in [0.5, 0.6) is 5.75 Å². The van der Waals surface area contributed by atoms with Crippen LogP contribution in [-0.4, -0.2) is 18.0 Å². The van der Waals surface area contributed by atoms with Crippen molar-refractivity contribution in [3.8, 4) is 5.75 Å². The van der Waals surface area contributed by atoms with E-state index in [1.165, 1.54) is 37.7 Å². The lowest BCUT2D eigenvalue weighted by atomic mass is 10.2. The van der Waals surface area contributed by atoms with Gasteiger partial charge in [-0.3, -0.25) is 9.78 Å². The Morgan fingerprint density at radius 3 is 2.95 bits per heavy atom. The molecular weight excluding hydrogens is 249 g/mol. The minimum Gasteiger partial charge on any atom is -0.494 e. The van der Waals surface area contributed by atoms with Crippen LogP contribution in [0.15, 0.2) is 36.7 Å².